The zero-order chi connectivity index (χ0) is 21.4. The normalized spacial score (nSPS) is 35.8. The summed E-state index contributed by atoms with van der Waals surface area (Å²) in [6.07, 6.45) is 0.704. The monoisotopic (exact) mass is 418 g/mol. The molecular formula is C23H32BClO4. The topological polar surface area (TPSA) is 44.8 Å². The lowest BCUT2D eigenvalue weighted by molar-refractivity contribution is -0.300. The van der Waals surface area contributed by atoms with Crippen LogP contribution in [0, 0.1) is 23.2 Å². The van der Waals surface area contributed by atoms with Gasteiger partial charge in [-0.15, -0.1) is 11.6 Å². The Morgan fingerprint density at radius 1 is 1.31 bits per heavy atom. The summed E-state index contributed by atoms with van der Waals surface area (Å²) in [5.41, 5.74) is 1.03. The van der Waals surface area contributed by atoms with Gasteiger partial charge in [0, 0.05) is 0 Å². The Hall–Kier alpha value is -1.04. The van der Waals surface area contributed by atoms with Crippen molar-refractivity contribution < 1.29 is 18.8 Å². The SMILES string of the molecule is C[C@H]1C2[C@H]3OB([C@H](Cl)Cc4cccc(C(=O)OC(C)(C)C)c4)O[C@@]3(C)[C@@H]2C1(C)C. The molecule has 29 heavy (non-hydrogen) atoms. The van der Waals surface area contributed by atoms with Crippen LogP contribution in [0.1, 0.15) is 64.4 Å². The molecule has 1 aromatic rings. The van der Waals surface area contributed by atoms with Gasteiger partial charge in [-0.3, -0.25) is 0 Å². The van der Waals surface area contributed by atoms with Crippen LogP contribution in [-0.4, -0.2) is 35.7 Å². The molecular weight excluding hydrogens is 387 g/mol. The molecule has 4 rings (SSSR count). The summed E-state index contributed by atoms with van der Waals surface area (Å²) in [5.74, 6) is 1.41. The number of benzene rings is 1. The first-order valence-corrected chi connectivity index (χ1v) is 11.1. The fraction of sp³-hybridized carbons (Fsp3) is 0.696. The number of fused-ring (bicyclic) bond motifs is 4. The molecule has 1 unspecified atom stereocenters. The first-order chi connectivity index (χ1) is 13.3. The lowest BCUT2D eigenvalue weighted by Gasteiger charge is -2.73. The number of halogens is 1. The summed E-state index contributed by atoms with van der Waals surface area (Å²) in [6, 6.07) is 7.46. The van der Waals surface area contributed by atoms with E-state index in [1.165, 1.54) is 0 Å². The Morgan fingerprint density at radius 3 is 2.66 bits per heavy atom. The van der Waals surface area contributed by atoms with Crippen molar-refractivity contribution in [3.05, 3.63) is 35.4 Å². The van der Waals surface area contributed by atoms with Gasteiger partial charge in [-0.1, -0.05) is 32.9 Å². The Morgan fingerprint density at radius 2 is 2.00 bits per heavy atom. The highest BCUT2D eigenvalue weighted by Gasteiger charge is 2.78. The fourth-order valence-corrected chi connectivity index (χ4v) is 6.16. The highest BCUT2D eigenvalue weighted by molar-refractivity contribution is 6.60. The molecule has 6 atom stereocenters. The highest BCUT2D eigenvalue weighted by Crippen LogP contribution is 2.72. The molecule has 3 aliphatic rings. The minimum absolute atomic E-state index is 0.134. The fourth-order valence-electron chi connectivity index (χ4n) is 5.88. The maximum absolute atomic E-state index is 12.4. The number of ether oxygens (including phenoxy) is 1. The summed E-state index contributed by atoms with van der Waals surface area (Å²) < 4.78 is 18.2. The molecule has 1 heterocycles. The van der Waals surface area contributed by atoms with Crippen molar-refractivity contribution in [2.45, 2.75) is 77.5 Å². The van der Waals surface area contributed by atoms with Gasteiger partial charge in [0.2, 0.25) is 0 Å². The average Bonchev–Trinajstić information content (AvgIpc) is 2.87. The zero-order valence-electron chi connectivity index (χ0n) is 18.5. The smallest absolute Gasteiger partial charge is 0.456 e. The number of esters is 1. The van der Waals surface area contributed by atoms with Crippen LogP contribution in [-0.2, 0) is 20.5 Å². The van der Waals surface area contributed by atoms with E-state index in [4.69, 9.17) is 25.6 Å². The lowest BCUT2D eigenvalue weighted by Crippen LogP contribution is -2.78. The molecule has 0 N–H and O–H groups in total. The van der Waals surface area contributed by atoms with Gasteiger partial charge in [0.1, 0.15) is 5.60 Å². The molecule has 1 aromatic carbocycles. The Labute approximate surface area is 179 Å². The van der Waals surface area contributed by atoms with E-state index in [0.29, 0.717) is 29.7 Å². The molecule has 158 valence electrons. The van der Waals surface area contributed by atoms with Gasteiger partial charge < -0.3 is 14.0 Å². The molecule has 0 aromatic heterocycles. The predicted molar refractivity (Wildman–Crippen MR) is 115 cm³/mol. The third-order valence-corrected chi connectivity index (χ3v) is 7.77. The van der Waals surface area contributed by atoms with E-state index in [9.17, 15) is 4.79 Å². The molecule has 2 saturated carbocycles. The van der Waals surface area contributed by atoms with Crippen molar-refractivity contribution in [3.63, 3.8) is 0 Å². The summed E-state index contributed by atoms with van der Waals surface area (Å²) in [6.45, 7) is 14.7. The molecule has 0 spiro atoms. The van der Waals surface area contributed by atoms with Gasteiger partial charge in [0.25, 0.3) is 0 Å². The number of alkyl halides is 1. The molecule has 2 aliphatic carbocycles. The van der Waals surface area contributed by atoms with Crippen LogP contribution < -0.4 is 0 Å². The van der Waals surface area contributed by atoms with E-state index in [1.54, 1.807) is 6.07 Å². The first kappa shape index (κ1) is 21.2. The standard InChI is InChI=1S/C23H32BClO4/c1-13-17-18(22(13,5)6)23(7)19(17)28-24(29-23)16(25)12-14-9-8-10-15(11-14)20(26)27-21(2,3)4/h8-11,13,16-19H,12H2,1-7H3/t13-,16+,17?,18-,19+,23-/m0/s1. The van der Waals surface area contributed by atoms with Gasteiger partial charge in [0.15, 0.2) is 0 Å². The minimum atomic E-state index is -0.521. The first-order valence-electron chi connectivity index (χ1n) is 10.6. The van der Waals surface area contributed by atoms with Gasteiger partial charge in [0.05, 0.1) is 22.5 Å². The van der Waals surface area contributed by atoms with Crippen LogP contribution in [0.2, 0.25) is 0 Å². The van der Waals surface area contributed by atoms with Crippen LogP contribution in [0.4, 0.5) is 0 Å². The Kier molecular flexibility index (Phi) is 4.92. The van der Waals surface area contributed by atoms with E-state index in [0.717, 1.165) is 5.56 Å². The number of carbonyl (C=O) groups is 1. The third-order valence-electron chi connectivity index (χ3n) is 7.41. The summed E-state index contributed by atoms with van der Waals surface area (Å²) >= 11 is 6.74. The van der Waals surface area contributed by atoms with Crippen LogP contribution >= 0.6 is 11.6 Å². The van der Waals surface area contributed by atoms with Crippen molar-refractivity contribution in [1.29, 1.82) is 0 Å². The van der Waals surface area contributed by atoms with E-state index in [2.05, 4.69) is 27.7 Å². The Bertz CT molecular complexity index is 819. The molecule has 1 saturated heterocycles. The molecule has 4 nitrogen and oxygen atoms in total. The largest absolute Gasteiger partial charge is 0.477 e. The average molecular weight is 419 g/mol. The predicted octanol–water partition coefficient (Wildman–Crippen LogP) is 4.92. The van der Waals surface area contributed by atoms with E-state index in [-0.39, 0.29) is 28.4 Å². The highest BCUT2D eigenvalue weighted by atomic mass is 35.5. The van der Waals surface area contributed by atoms with Crippen molar-refractivity contribution in [1.82, 2.24) is 0 Å². The number of hydrogen-bond acceptors (Lipinski definition) is 4. The van der Waals surface area contributed by atoms with Crippen molar-refractivity contribution in [2.75, 3.05) is 0 Å². The summed E-state index contributed by atoms with van der Waals surface area (Å²) in [4.78, 5) is 12.4. The van der Waals surface area contributed by atoms with Gasteiger partial charge >= 0.3 is 13.1 Å². The van der Waals surface area contributed by atoms with Gasteiger partial charge in [-0.2, -0.15) is 0 Å². The van der Waals surface area contributed by atoms with E-state index < -0.39 is 12.7 Å². The molecule has 0 bridgehead atoms. The molecule has 1 aliphatic heterocycles. The van der Waals surface area contributed by atoms with Crippen molar-refractivity contribution >= 4 is 24.7 Å². The summed E-state index contributed by atoms with van der Waals surface area (Å²) in [5, 5.41) is -0.316. The molecule has 3 fully saturated rings. The molecule has 0 radical (unpaired) electrons. The van der Waals surface area contributed by atoms with Gasteiger partial charge in [-0.25, -0.2) is 4.79 Å². The molecule has 0 amide bonds. The Balaban J connectivity index is 1.42. The van der Waals surface area contributed by atoms with Crippen molar-refractivity contribution in [2.24, 2.45) is 23.2 Å². The van der Waals surface area contributed by atoms with Gasteiger partial charge in [-0.05, 0) is 75.0 Å². The number of rotatable bonds is 4. The lowest BCUT2D eigenvalue weighted by atomic mass is 9.34. The number of carbonyl (C=O) groups excluding carboxylic acids is 1. The minimum Gasteiger partial charge on any atom is -0.456 e. The quantitative estimate of drug-likeness (QED) is 0.396. The van der Waals surface area contributed by atoms with Crippen LogP contribution in [0.5, 0.6) is 0 Å². The molecule has 6 heteroatoms. The van der Waals surface area contributed by atoms with Crippen molar-refractivity contribution in [3.8, 4) is 0 Å². The maximum Gasteiger partial charge on any atom is 0.477 e. The van der Waals surface area contributed by atoms with Crippen LogP contribution in [0.15, 0.2) is 24.3 Å². The zero-order valence-corrected chi connectivity index (χ0v) is 19.2. The van der Waals surface area contributed by atoms with Crippen LogP contribution in [0.25, 0.3) is 0 Å². The number of hydrogen-bond donors (Lipinski definition) is 0. The third kappa shape index (κ3) is 3.34. The van der Waals surface area contributed by atoms with E-state index in [1.807, 2.05) is 39.0 Å². The van der Waals surface area contributed by atoms with E-state index >= 15 is 0 Å². The van der Waals surface area contributed by atoms with Crippen LogP contribution in [0.3, 0.4) is 0 Å². The summed E-state index contributed by atoms with van der Waals surface area (Å²) in [7, 11) is -0.426. The second kappa shape index (κ2) is 6.73. The second-order valence-electron chi connectivity index (χ2n) is 10.8. The maximum atomic E-state index is 12.4. The second-order valence-corrected chi connectivity index (χ2v) is 11.4.